The molecule has 2 saturated carbocycles. The van der Waals surface area contributed by atoms with Gasteiger partial charge in [0.15, 0.2) is 0 Å². The average Bonchev–Trinajstić information content (AvgIpc) is 3.38. The number of hydrogen-bond donors (Lipinski definition) is 1. The largest absolute Gasteiger partial charge is 0.352 e. The molecule has 138 valence electrons. The molecule has 0 spiro atoms. The highest BCUT2D eigenvalue weighted by Gasteiger charge is 2.42. The van der Waals surface area contributed by atoms with Crippen molar-refractivity contribution in [1.29, 1.82) is 0 Å². The van der Waals surface area contributed by atoms with Gasteiger partial charge in [-0.15, -0.1) is 11.3 Å². The summed E-state index contributed by atoms with van der Waals surface area (Å²) in [6.45, 7) is 1.85. The molecule has 1 aromatic heterocycles. The molecule has 1 saturated heterocycles. The molecular formula is C19H22N2O3S2. The molecule has 3 amide bonds. The first-order valence-electron chi connectivity index (χ1n) is 9.09. The van der Waals surface area contributed by atoms with Crippen molar-refractivity contribution in [3.8, 4) is 0 Å². The van der Waals surface area contributed by atoms with Gasteiger partial charge in [-0.2, -0.15) is 0 Å². The summed E-state index contributed by atoms with van der Waals surface area (Å²) in [5.41, 5.74) is 0. The summed E-state index contributed by atoms with van der Waals surface area (Å²) in [6, 6.07) is 3.88. The van der Waals surface area contributed by atoms with Gasteiger partial charge in [0.25, 0.3) is 11.1 Å². The molecule has 5 nitrogen and oxygen atoms in total. The number of nitrogens with one attached hydrogen (secondary N) is 1. The van der Waals surface area contributed by atoms with Crippen LogP contribution < -0.4 is 5.32 Å². The standard InChI is InChI=1S/C19H22N2O3S2/c1-11(15-8-12-4-5-13(15)7-12)20-17(22)10-21-18(23)16(26-19(21)24)9-14-3-2-6-25-14/h2-3,6,9,11-13,15H,4-5,7-8,10H2,1H3,(H,20,22)/b16-9-. The van der Waals surface area contributed by atoms with Crippen LogP contribution in [0.2, 0.25) is 0 Å². The second-order valence-electron chi connectivity index (χ2n) is 7.48. The van der Waals surface area contributed by atoms with E-state index in [1.54, 1.807) is 6.08 Å². The highest BCUT2D eigenvalue weighted by molar-refractivity contribution is 8.18. The van der Waals surface area contributed by atoms with E-state index in [1.165, 1.54) is 37.0 Å². The molecule has 1 N–H and O–H groups in total. The molecule has 3 aliphatic rings. The van der Waals surface area contributed by atoms with Crippen LogP contribution >= 0.6 is 23.1 Å². The lowest BCUT2D eigenvalue weighted by Gasteiger charge is -2.28. The predicted octanol–water partition coefficient (Wildman–Crippen LogP) is 3.73. The number of amides is 3. The average molecular weight is 391 g/mol. The van der Waals surface area contributed by atoms with E-state index in [9.17, 15) is 14.4 Å². The van der Waals surface area contributed by atoms with Gasteiger partial charge in [-0.1, -0.05) is 12.5 Å². The zero-order chi connectivity index (χ0) is 18.3. The van der Waals surface area contributed by atoms with Crippen LogP contribution in [0, 0.1) is 17.8 Å². The number of thioether (sulfide) groups is 1. The molecule has 0 aromatic carbocycles. The molecule has 2 aliphatic carbocycles. The van der Waals surface area contributed by atoms with Crippen LogP contribution in [0.5, 0.6) is 0 Å². The number of carbonyl (C=O) groups is 3. The normalized spacial score (nSPS) is 30.4. The van der Waals surface area contributed by atoms with Crippen molar-refractivity contribution in [2.75, 3.05) is 6.54 Å². The van der Waals surface area contributed by atoms with Crippen LogP contribution in [0.3, 0.4) is 0 Å². The van der Waals surface area contributed by atoms with E-state index in [2.05, 4.69) is 5.32 Å². The van der Waals surface area contributed by atoms with Crippen LogP contribution in [0.4, 0.5) is 4.79 Å². The first-order valence-corrected chi connectivity index (χ1v) is 10.8. The fourth-order valence-corrected chi connectivity index (χ4v) is 6.16. The highest BCUT2D eigenvalue weighted by atomic mass is 32.2. The Balaban J connectivity index is 1.35. The van der Waals surface area contributed by atoms with Gasteiger partial charge in [0, 0.05) is 10.9 Å². The highest BCUT2D eigenvalue weighted by Crippen LogP contribution is 2.49. The lowest BCUT2D eigenvalue weighted by molar-refractivity contribution is -0.129. The van der Waals surface area contributed by atoms with Gasteiger partial charge in [-0.25, -0.2) is 0 Å². The molecule has 1 aliphatic heterocycles. The number of fused-ring (bicyclic) bond motifs is 2. The van der Waals surface area contributed by atoms with E-state index in [0.717, 1.165) is 33.4 Å². The molecule has 1 aromatic rings. The Morgan fingerprint density at radius 2 is 2.23 bits per heavy atom. The number of rotatable bonds is 5. The molecule has 4 rings (SSSR count). The predicted molar refractivity (Wildman–Crippen MR) is 104 cm³/mol. The fraction of sp³-hybridized carbons (Fsp3) is 0.526. The van der Waals surface area contributed by atoms with E-state index in [0.29, 0.717) is 10.8 Å². The first kappa shape index (κ1) is 17.8. The Hall–Kier alpha value is -1.60. The van der Waals surface area contributed by atoms with Crippen LogP contribution in [0.1, 0.15) is 37.5 Å². The summed E-state index contributed by atoms with van der Waals surface area (Å²) < 4.78 is 0. The second kappa shape index (κ2) is 7.19. The molecule has 4 atom stereocenters. The maximum Gasteiger partial charge on any atom is 0.294 e. The van der Waals surface area contributed by atoms with E-state index < -0.39 is 0 Å². The third kappa shape index (κ3) is 3.47. The summed E-state index contributed by atoms with van der Waals surface area (Å²) in [5.74, 6) is 1.45. The maximum absolute atomic E-state index is 12.5. The third-order valence-electron chi connectivity index (χ3n) is 5.82. The van der Waals surface area contributed by atoms with E-state index in [1.807, 2.05) is 24.4 Å². The Kier molecular flexibility index (Phi) is 4.92. The van der Waals surface area contributed by atoms with Gasteiger partial charge in [0.1, 0.15) is 6.54 Å². The fourth-order valence-electron chi connectivity index (χ4n) is 4.60. The number of hydrogen-bond acceptors (Lipinski definition) is 5. The molecule has 2 bridgehead atoms. The Bertz CT molecular complexity index is 759. The van der Waals surface area contributed by atoms with Crippen LogP contribution in [0.15, 0.2) is 22.4 Å². The van der Waals surface area contributed by atoms with Crippen molar-refractivity contribution in [2.24, 2.45) is 17.8 Å². The van der Waals surface area contributed by atoms with Gasteiger partial charge >= 0.3 is 0 Å². The van der Waals surface area contributed by atoms with Gasteiger partial charge in [-0.3, -0.25) is 19.3 Å². The molecule has 4 unspecified atom stereocenters. The van der Waals surface area contributed by atoms with E-state index >= 15 is 0 Å². The number of carbonyl (C=O) groups excluding carboxylic acids is 3. The quantitative estimate of drug-likeness (QED) is 0.778. The van der Waals surface area contributed by atoms with Gasteiger partial charge in [0.05, 0.1) is 4.91 Å². The van der Waals surface area contributed by atoms with Gasteiger partial charge in [-0.05, 0) is 73.2 Å². The molecule has 0 radical (unpaired) electrons. The smallest absolute Gasteiger partial charge is 0.294 e. The number of nitrogens with zero attached hydrogens (tertiary/aromatic N) is 1. The SMILES string of the molecule is CC(NC(=O)CN1C(=O)S/C(=C\c2cccs2)C1=O)C1CC2CCC1C2. The zero-order valence-electron chi connectivity index (χ0n) is 14.6. The van der Waals surface area contributed by atoms with Gasteiger partial charge < -0.3 is 5.32 Å². The lowest BCUT2D eigenvalue weighted by atomic mass is 9.84. The van der Waals surface area contributed by atoms with Crippen molar-refractivity contribution < 1.29 is 14.4 Å². The van der Waals surface area contributed by atoms with E-state index in [-0.39, 0.29) is 29.6 Å². The summed E-state index contributed by atoms with van der Waals surface area (Å²) in [6.07, 6.45) is 6.80. The Morgan fingerprint density at radius 1 is 1.38 bits per heavy atom. The van der Waals surface area contributed by atoms with Crippen LogP contribution in [-0.2, 0) is 9.59 Å². The van der Waals surface area contributed by atoms with Gasteiger partial charge in [0.2, 0.25) is 5.91 Å². The monoisotopic (exact) mass is 390 g/mol. The van der Waals surface area contributed by atoms with Crippen LogP contribution in [-0.4, -0.2) is 34.5 Å². The summed E-state index contributed by atoms with van der Waals surface area (Å²) in [4.78, 5) is 39.4. The minimum atomic E-state index is -0.379. The van der Waals surface area contributed by atoms with Crippen LogP contribution in [0.25, 0.3) is 6.08 Å². The minimum Gasteiger partial charge on any atom is -0.352 e. The van der Waals surface area contributed by atoms with Crippen molar-refractivity contribution in [3.05, 3.63) is 27.3 Å². The minimum absolute atomic E-state index is 0.0967. The molecule has 7 heteroatoms. The topological polar surface area (TPSA) is 66.5 Å². The van der Waals surface area contributed by atoms with Crippen molar-refractivity contribution in [3.63, 3.8) is 0 Å². The number of imide groups is 1. The molecular weight excluding hydrogens is 368 g/mol. The molecule has 26 heavy (non-hydrogen) atoms. The second-order valence-corrected chi connectivity index (χ2v) is 9.45. The number of thiophene rings is 1. The van der Waals surface area contributed by atoms with Crippen molar-refractivity contribution >= 4 is 46.2 Å². The summed E-state index contributed by atoms with van der Waals surface area (Å²) in [7, 11) is 0. The first-order chi connectivity index (χ1) is 12.5. The summed E-state index contributed by atoms with van der Waals surface area (Å²) >= 11 is 2.41. The maximum atomic E-state index is 12.5. The lowest BCUT2D eigenvalue weighted by Crippen LogP contribution is -2.45. The van der Waals surface area contributed by atoms with Crippen molar-refractivity contribution in [2.45, 2.75) is 38.6 Å². The Labute approximate surface area is 161 Å². The Morgan fingerprint density at radius 3 is 2.88 bits per heavy atom. The zero-order valence-corrected chi connectivity index (χ0v) is 16.3. The molecule has 3 fully saturated rings. The third-order valence-corrected chi connectivity index (χ3v) is 7.54. The molecule has 2 heterocycles. The van der Waals surface area contributed by atoms with Crippen molar-refractivity contribution in [1.82, 2.24) is 10.2 Å². The van der Waals surface area contributed by atoms with E-state index in [4.69, 9.17) is 0 Å². The summed E-state index contributed by atoms with van der Waals surface area (Å²) in [5, 5.41) is 4.57.